The Bertz CT molecular complexity index is 1070. The van der Waals surface area contributed by atoms with Gasteiger partial charge in [0, 0.05) is 38.3 Å². The van der Waals surface area contributed by atoms with Crippen molar-refractivity contribution in [2.75, 3.05) is 33.0 Å². The SMILES string of the molecule is Cc1cccc(-c2ocnc2C(=O)N2CCN(Cc3ccc4c(c3)OCO4)CC2)c1. The Morgan fingerprint density at radius 3 is 2.70 bits per heavy atom. The predicted molar refractivity (Wildman–Crippen MR) is 110 cm³/mol. The van der Waals surface area contributed by atoms with E-state index in [4.69, 9.17) is 13.9 Å². The number of oxazole rings is 1. The first-order chi connectivity index (χ1) is 14.7. The fourth-order valence-electron chi connectivity index (χ4n) is 3.95. The maximum atomic E-state index is 13.1. The van der Waals surface area contributed by atoms with Gasteiger partial charge in [0.15, 0.2) is 29.3 Å². The lowest BCUT2D eigenvalue weighted by atomic mass is 10.1. The molecule has 3 heterocycles. The minimum atomic E-state index is -0.0806. The number of rotatable bonds is 4. The van der Waals surface area contributed by atoms with Gasteiger partial charge in [0.05, 0.1) is 0 Å². The lowest BCUT2D eigenvalue weighted by Crippen LogP contribution is -2.48. The van der Waals surface area contributed by atoms with Crippen LogP contribution in [-0.2, 0) is 6.54 Å². The number of hydrogen-bond donors (Lipinski definition) is 0. The highest BCUT2D eigenvalue weighted by Crippen LogP contribution is 2.33. The number of benzene rings is 2. The van der Waals surface area contributed by atoms with Crippen LogP contribution in [0, 0.1) is 6.92 Å². The van der Waals surface area contributed by atoms with Crippen molar-refractivity contribution in [1.29, 1.82) is 0 Å². The fraction of sp³-hybridized carbons (Fsp3) is 0.304. The molecule has 0 saturated carbocycles. The molecule has 5 rings (SSSR count). The molecule has 1 saturated heterocycles. The normalized spacial score (nSPS) is 16.1. The van der Waals surface area contributed by atoms with Gasteiger partial charge in [-0.1, -0.05) is 29.8 Å². The van der Waals surface area contributed by atoms with Crippen molar-refractivity contribution in [3.8, 4) is 22.8 Å². The standard InChI is InChI=1S/C23H23N3O4/c1-16-3-2-4-18(11-16)22-21(24-14-28-22)23(27)26-9-7-25(8-10-26)13-17-5-6-19-20(12-17)30-15-29-19/h2-6,11-12,14H,7-10,13,15H2,1H3. The zero-order valence-electron chi connectivity index (χ0n) is 16.8. The van der Waals surface area contributed by atoms with Gasteiger partial charge in [0.1, 0.15) is 0 Å². The molecule has 1 fully saturated rings. The van der Waals surface area contributed by atoms with Gasteiger partial charge in [-0.25, -0.2) is 4.98 Å². The summed E-state index contributed by atoms with van der Waals surface area (Å²) in [6.45, 7) is 6.03. The predicted octanol–water partition coefficient (Wildman–Crippen LogP) is 3.34. The van der Waals surface area contributed by atoms with Gasteiger partial charge in [-0.15, -0.1) is 0 Å². The molecule has 0 spiro atoms. The quantitative estimate of drug-likeness (QED) is 0.663. The maximum Gasteiger partial charge on any atom is 0.276 e. The lowest BCUT2D eigenvalue weighted by Gasteiger charge is -2.34. The van der Waals surface area contributed by atoms with Crippen LogP contribution in [0.1, 0.15) is 21.6 Å². The molecule has 0 atom stereocenters. The van der Waals surface area contributed by atoms with Crippen LogP contribution in [0.15, 0.2) is 53.3 Å². The highest BCUT2D eigenvalue weighted by Gasteiger charge is 2.27. The summed E-state index contributed by atoms with van der Waals surface area (Å²) in [7, 11) is 0. The molecule has 0 aliphatic carbocycles. The Labute approximate surface area is 174 Å². The third kappa shape index (κ3) is 3.64. The summed E-state index contributed by atoms with van der Waals surface area (Å²) in [4.78, 5) is 21.5. The first-order valence-corrected chi connectivity index (χ1v) is 10.1. The molecule has 154 valence electrons. The van der Waals surface area contributed by atoms with E-state index in [-0.39, 0.29) is 12.7 Å². The van der Waals surface area contributed by atoms with Gasteiger partial charge in [0.25, 0.3) is 5.91 Å². The Hall–Kier alpha value is -3.32. The third-order valence-electron chi connectivity index (χ3n) is 5.55. The first-order valence-electron chi connectivity index (χ1n) is 10.1. The van der Waals surface area contributed by atoms with E-state index in [1.165, 1.54) is 12.0 Å². The van der Waals surface area contributed by atoms with Crippen LogP contribution < -0.4 is 9.47 Å². The van der Waals surface area contributed by atoms with Crippen molar-refractivity contribution in [3.63, 3.8) is 0 Å². The van der Waals surface area contributed by atoms with Crippen LogP contribution in [0.25, 0.3) is 11.3 Å². The van der Waals surface area contributed by atoms with E-state index < -0.39 is 0 Å². The average Bonchev–Trinajstić information content (AvgIpc) is 3.43. The summed E-state index contributed by atoms with van der Waals surface area (Å²) in [5.41, 5.74) is 3.54. The highest BCUT2D eigenvalue weighted by atomic mass is 16.7. The Balaban J connectivity index is 1.23. The number of ether oxygens (including phenoxy) is 2. The molecular weight excluding hydrogens is 382 g/mol. The maximum absolute atomic E-state index is 13.1. The molecule has 0 bridgehead atoms. The molecule has 2 aliphatic rings. The van der Waals surface area contributed by atoms with Crippen LogP contribution in [0.3, 0.4) is 0 Å². The van der Waals surface area contributed by atoms with Gasteiger partial charge in [-0.3, -0.25) is 9.69 Å². The van der Waals surface area contributed by atoms with Crippen molar-refractivity contribution in [2.45, 2.75) is 13.5 Å². The lowest BCUT2D eigenvalue weighted by molar-refractivity contribution is 0.0623. The molecule has 0 N–H and O–H groups in total. The van der Waals surface area contributed by atoms with E-state index >= 15 is 0 Å². The van der Waals surface area contributed by atoms with E-state index in [0.29, 0.717) is 24.5 Å². The van der Waals surface area contributed by atoms with Crippen LogP contribution in [-0.4, -0.2) is 53.7 Å². The van der Waals surface area contributed by atoms with Crippen molar-refractivity contribution in [1.82, 2.24) is 14.8 Å². The summed E-state index contributed by atoms with van der Waals surface area (Å²) in [6.07, 6.45) is 1.35. The molecule has 0 unspecified atom stereocenters. The molecule has 2 aliphatic heterocycles. The zero-order valence-corrected chi connectivity index (χ0v) is 16.8. The molecule has 0 radical (unpaired) electrons. The summed E-state index contributed by atoms with van der Waals surface area (Å²) in [5.74, 6) is 2.05. The number of aryl methyl sites for hydroxylation is 1. The molecule has 7 heteroatoms. The first kappa shape index (κ1) is 18.7. The number of piperazine rings is 1. The monoisotopic (exact) mass is 405 g/mol. The van der Waals surface area contributed by atoms with E-state index in [0.717, 1.165) is 42.3 Å². The van der Waals surface area contributed by atoms with Gasteiger partial charge in [0.2, 0.25) is 6.79 Å². The summed E-state index contributed by atoms with van der Waals surface area (Å²) in [5, 5.41) is 0. The zero-order chi connectivity index (χ0) is 20.5. The Morgan fingerprint density at radius 1 is 1.03 bits per heavy atom. The summed E-state index contributed by atoms with van der Waals surface area (Å²) >= 11 is 0. The largest absolute Gasteiger partial charge is 0.454 e. The van der Waals surface area contributed by atoms with E-state index in [9.17, 15) is 4.79 Å². The second-order valence-electron chi connectivity index (χ2n) is 7.66. The molecular formula is C23H23N3O4. The smallest absolute Gasteiger partial charge is 0.276 e. The van der Waals surface area contributed by atoms with Crippen molar-refractivity contribution in [3.05, 3.63) is 65.7 Å². The number of hydrogen-bond acceptors (Lipinski definition) is 6. The Morgan fingerprint density at radius 2 is 1.87 bits per heavy atom. The van der Waals surface area contributed by atoms with E-state index in [1.54, 1.807) is 0 Å². The van der Waals surface area contributed by atoms with Crippen LogP contribution in [0.5, 0.6) is 11.5 Å². The van der Waals surface area contributed by atoms with Crippen molar-refractivity contribution < 1.29 is 18.7 Å². The number of aromatic nitrogens is 1. The Kier molecular flexibility index (Phi) is 4.88. The number of fused-ring (bicyclic) bond motifs is 1. The highest BCUT2D eigenvalue weighted by molar-refractivity contribution is 5.97. The topological polar surface area (TPSA) is 68.0 Å². The average molecular weight is 405 g/mol. The van der Waals surface area contributed by atoms with Crippen LogP contribution in [0.2, 0.25) is 0 Å². The second-order valence-corrected chi connectivity index (χ2v) is 7.66. The van der Waals surface area contributed by atoms with Gasteiger partial charge in [-0.05, 0) is 30.7 Å². The number of amides is 1. The third-order valence-corrected chi connectivity index (χ3v) is 5.55. The van der Waals surface area contributed by atoms with Crippen LogP contribution in [0.4, 0.5) is 0 Å². The van der Waals surface area contributed by atoms with Gasteiger partial charge >= 0.3 is 0 Å². The molecule has 7 nitrogen and oxygen atoms in total. The summed E-state index contributed by atoms with van der Waals surface area (Å²) in [6, 6.07) is 14.0. The molecule has 1 aromatic heterocycles. The number of nitrogens with zero attached hydrogens (tertiary/aromatic N) is 3. The van der Waals surface area contributed by atoms with Gasteiger partial charge in [-0.2, -0.15) is 0 Å². The second kappa shape index (κ2) is 7.84. The van der Waals surface area contributed by atoms with E-state index in [1.807, 2.05) is 48.2 Å². The van der Waals surface area contributed by atoms with Crippen molar-refractivity contribution >= 4 is 5.91 Å². The van der Waals surface area contributed by atoms with Crippen LogP contribution >= 0.6 is 0 Å². The van der Waals surface area contributed by atoms with Crippen molar-refractivity contribution in [2.24, 2.45) is 0 Å². The van der Waals surface area contributed by atoms with Gasteiger partial charge < -0.3 is 18.8 Å². The number of carbonyl (C=O) groups excluding carboxylic acids is 1. The number of carbonyl (C=O) groups is 1. The minimum Gasteiger partial charge on any atom is -0.454 e. The fourth-order valence-corrected chi connectivity index (χ4v) is 3.95. The molecule has 1 amide bonds. The minimum absolute atomic E-state index is 0.0806. The van der Waals surface area contributed by atoms with E-state index in [2.05, 4.69) is 16.0 Å². The molecule has 3 aromatic rings. The molecule has 30 heavy (non-hydrogen) atoms. The molecule has 2 aromatic carbocycles. The summed E-state index contributed by atoms with van der Waals surface area (Å²) < 4.78 is 16.4.